The minimum Gasteiger partial charge on any atom is -0.497 e. The molecule has 3 nitrogen and oxygen atoms in total. The zero-order valence-corrected chi connectivity index (χ0v) is 17.9. The molecule has 3 heteroatoms. The topological polar surface area (TPSA) is 27.7 Å². The van der Waals surface area contributed by atoms with Crippen LogP contribution in [0.5, 0.6) is 17.2 Å². The van der Waals surface area contributed by atoms with Gasteiger partial charge in [-0.25, -0.2) is 0 Å². The van der Waals surface area contributed by atoms with Gasteiger partial charge in [0.1, 0.15) is 17.2 Å². The summed E-state index contributed by atoms with van der Waals surface area (Å²) in [6.07, 6.45) is 4.34. The average molecular weight is 408 g/mol. The minimum atomic E-state index is -0.762. The third-order valence-corrected chi connectivity index (χ3v) is 6.03. The highest BCUT2D eigenvalue weighted by Gasteiger charge is 2.38. The number of fused-ring (bicyclic) bond motifs is 3. The van der Waals surface area contributed by atoms with Crippen LogP contribution in [0.25, 0.3) is 16.8 Å². The molecule has 0 N–H and O–H groups in total. The summed E-state index contributed by atoms with van der Waals surface area (Å²) in [6.45, 7) is 2.13. The van der Waals surface area contributed by atoms with Crippen LogP contribution in [0.1, 0.15) is 22.3 Å². The van der Waals surface area contributed by atoms with Gasteiger partial charge in [-0.1, -0.05) is 60.7 Å². The monoisotopic (exact) mass is 408 g/mol. The number of hydrogen-bond donors (Lipinski definition) is 0. The summed E-state index contributed by atoms with van der Waals surface area (Å²) >= 11 is 0. The summed E-state index contributed by atoms with van der Waals surface area (Å²) in [5.41, 5.74) is 3.62. The Morgan fingerprint density at radius 3 is 1.90 bits per heavy atom. The van der Waals surface area contributed by atoms with Crippen molar-refractivity contribution in [3.8, 4) is 17.2 Å². The maximum Gasteiger partial charge on any atom is 0.178 e. The molecule has 31 heavy (non-hydrogen) atoms. The Morgan fingerprint density at radius 2 is 1.32 bits per heavy atom. The molecule has 1 heterocycles. The molecule has 4 aromatic rings. The Balaban J connectivity index is 1.75. The van der Waals surface area contributed by atoms with E-state index >= 15 is 0 Å². The van der Waals surface area contributed by atoms with Crippen molar-refractivity contribution in [1.82, 2.24) is 0 Å². The van der Waals surface area contributed by atoms with Crippen molar-refractivity contribution in [2.45, 2.75) is 12.5 Å². The van der Waals surface area contributed by atoms with Gasteiger partial charge in [0, 0.05) is 22.1 Å². The molecule has 5 rings (SSSR count). The van der Waals surface area contributed by atoms with Crippen molar-refractivity contribution in [3.63, 3.8) is 0 Å². The van der Waals surface area contributed by atoms with E-state index in [4.69, 9.17) is 14.2 Å². The van der Waals surface area contributed by atoms with E-state index < -0.39 is 5.60 Å². The molecular formula is C28H24O3. The molecule has 0 aromatic heterocycles. The number of hydrogen-bond acceptors (Lipinski definition) is 3. The summed E-state index contributed by atoms with van der Waals surface area (Å²) in [5, 5.41) is 2.28. The molecule has 0 amide bonds. The fraction of sp³-hybridized carbons (Fsp3) is 0.143. The van der Waals surface area contributed by atoms with Gasteiger partial charge in [0.15, 0.2) is 5.60 Å². The number of aryl methyl sites for hydroxylation is 1. The van der Waals surface area contributed by atoms with E-state index in [0.29, 0.717) is 0 Å². The molecule has 4 aromatic carbocycles. The van der Waals surface area contributed by atoms with Gasteiger partial charge in [0.05, 0.1) is 14.2 Å². The van der Waals surface area contributed by atoms with Gasteiger partial charge < -0.3 is 14.2 Å². The lowest BCUT2D eigenvalue weighted by atomic mass is 9.82. The molecule has 0 radical (unpaired) electrons. The summed E-state index contributed by atoms with van der Waals surface area (Å²) in [5.74, 6) is 2.54. The quantitative estimate of drug-likeness (QED) is 0.385. The molecule has 0 atom stereocenters. The van der Waals surface area contributed by atoms with E-state index in [-0.39, 0.29) is 0 Å². The fourth-order valence-electron chi connectivity index (χ4n) is 4.33. The van der Waals surface area contributed by atoms with Gasteiger partial charge in [-0.15, -0.1) is 0 Å². The van der Waals surface area contributed by atoms with Crippen LogP contribution >= 0.6 is 0 Å². The van der Waals surface area contributed by atoms with Crippen LogP contribution in [0, 0.1) is 6.92 Å². The normalized spacial score (nSPS) is 14.0. The van der Waals surface area contributed by atoms with Crippen molar-refractivity contribution in [3.05, 3.63) is 107 Å². The molecule has 1 aliphatic rings. The smallest absolute Gasteiger partial charge is 0.178 e. The number of methoxy groups -OCH3 is 2. The summed E-state index contributed by atoms with van der Waals surface area (Å²) in [4.78, 5) is 0. The number of benzene rings is 4. The average Bonchev–Trinajstić information content (AvgIpc) is 2.84. The zero-order chi connectivity index (χ0) is 21.4. The lowest BCUT2D eigenvalue weighted by Crippen LogP contribution is -2.34. The second-order valence-electron chi connectivity index (χ2n) is 7.79. The number of rotatable bonds is 4. The lowest BCUT2D eigenvalue weighted by molar-refractivity contribution is 0.163. The Kier molecular flexibility index (Phi) is 4.67. The first-order valence-corrected chi connectivity index (χ1v) is 10.3. The zero-order valence-electron chi connectivity index (χ0n) is 17.9. The van der Waals surface area contributed by atoms with E-state index in [1.807, 2.05) is 24.3 Å². The molecule has 0 unspecified atom stereocenters. The second-order valence-corrected chi connectivity index (χ2v) is 7.79. The Morgan fingerprint density at radius 1 is 0.742 bits per heavy atom. The second kappa shape index (κ2) is 7.51. The Hall–Kier alpha value is -3.72. The third kappa shape index (κ3) is 3.14. The fourth-order valence-corrected chi connectivity index (χ4v) is 4.33. The molecule has 0 spiro atoms. The van der Waals surface area contributed by atoms with Gasteiger partial charge in [0.25, 0.3) is 0 Å². The highest BCUT2D eigenvalue weighted by atomic mass is 16.5. The first-order valence-electron chi connectivity index (χ1n) is 10.3. The van der Waals surface area contributed by atoms with Crippen LogP contribution in [0.4, 0.5) is 0 Å². The van der Waals surface area contributed by atoms with Crippen molar-refractivity contribution in [2.24, 2.45) is 0 Å². The largest absolute Gasteiger partial charge is 0.497 e. The maximum absolute atomic E-state index is 6.96. The molecule has 1 aliphatic heterocycles. The van der Waals surface area contributed by atoms with Crippen molar-refractivity contribution in [2.75, 3.05) is 14.2 Å². The van der Waals surface area contributed by atoms with Crippen molar-refractivity contribution < 1.29 is 14.2 Å². The van der Waals surface area contributed by atoms with Gasteiger partial charge in [-0.3, -0.25) is 0 Å². The summed E-state index contributed by atoms with van der Waals surface area (Å²) < 4.78 is 17.7. The predicted molar refractivity (Wildman–Crippen MR) is 125 cm³/mol. The van der Waals surface area contributed by atoms with Crippen LogP contribution in [0.15, 0.2) is 84.9 Å². The number of ether oxygens (including phenoxy) is 3. The molecule has 0 saturated carbocycles. The van der Waals surface area contributed by atoms with Gasteiger partial charge in [-0.05, 0) is 48.2 Å². The van der Waals surface area contributed by atoms with Crippen LogP contribution in [0.2, 0.25) is 0 Å². The molecule has 0 bridgehead atoms. The maximum atomic E-state index is 6.96. The van der Waals surface area contributed by atoms with Crippen molar-refractivity contribution >= 4 is 16.8 Å². The summed E-state index contributed by atoms with van der Waals surface area (Å²) in [7, 11) is 3.35. The Labute approximate surface area is 182 Å². The lowest BCUT2D eigenvalue weighted by Gasteiger charge is -2.37. The predicted octanol–water partition coefficient (Wildman–Crippen LogP) is 6.51. The molecule has 0 fully saturated rings. The third-order valence-electron chi connectivity index (χ3n) is 6.03. The van der Waals surface area contributed by atoms with E-state index in [1.54, 1.807) is 14.2 Å². The summed E-state index contributed by atoms with van der Waals surface area (Å²) in [6, 6.07) is 26.8. The van der Waals surface area contributed by atoms with Crippen LogP contribution in [-0.4, -0.2) is 14.2 Å². The minimum absolute atomic E-state index is 0.762. The first-order chi connectivity index (χ1) is 15.1. The van der Waals surface area contributed by atoms with Crippen LogP contribution in [-0.2, 0) is 5.60 Å². The standard InChI is InChI=1S/C28H24O3/c1-19-18-20-6-4-5-7-26(20)27-25(19)16-17-28(31-27,21-8-12-23(29-2)13-9-21)22-10-14-24(30-3)15-11-22/h4-18H,1-3H3. The first kappa shape index (κ1) is 19.3. The highest BCUT2D eigenvalue weighted by molar-refractivity contribution is 5.94. The van der Waals surface area contributed by atoms with Gasteiger partial charge >= 0.3 is 0 Å². The highest BCUT2D eigenvalue weighted by Crippen LogP contribution is 2.46. The van der Waals surface area contributed by atoms with E-state index in [1.165, 1.54) is 10.9 Å². The molecular weight excluding hydrogens is 384 g/mol. The Bertz CT molecular complexity index is 1220. The van der Waals surface area contributed by atoms with E-state index in [0.717, 1.165) is 39.3 Å². The van der Waals surface area contributed by atoms with Gasteiger partial charge in [0.2, 0.25) is 0 Å². The van der Waals surface area contributed by atoms with Crippen LogP contribution < -0.4 is 14.2 Å². The van der Waals surface area contributed by atoms with Crippen molar-refractivity contribution in [1.29, 1.82) is 0 Å². The van der Waals surface area contributed by atoms with E-state index in [9.17, 15) is 0 Å². The SMILES string of the molecule is COc1ccc(C2(c3ccc(OC)cc3)C=Cc3c(C)cc4ccccc4c3O2)cc1. The van der Waals surface area contributed by atoms with Gasteiger partial charge in [-0.2, -0.15) is 0 Å². The van der Waals surface area contributed by atoms with Crippen LogP contribution in [0.3, 0.4) is 0 Å². The molecule has 154 valence electrons. The van der Waals surface area contributed by atoms with E-state index in [2.05, 4.69) is 73.7 Å². The molecule has 0 aliphatic carbocycles. The molecule has 0 saturated heterocycles.